The Hall–Kier alpha value is -1.52. The molecule has 5 heteroatoms. The van der Waals surface area contributed by atoms with Crippen molar-refractivity contribution >= 4 is 29.2 Å². The van der Waals surface area contributed by atoms with E-state index in [1.54, 1.807) is 11.8 Å². The highest BCUT2D eigenvalue weighted by Gasteiger charge is 2.09. The van der Waals surface area contributed by atoms with Gasteiger partial charge < -0.3 is 5.73 Å². The molecule has 0 amide bonds. The maximum atomic E-state index is 7.57. The SMILES string of the molecule is Cc1ccc(C(=N)N)c(SCc2ccccc2Cl)n1. The quantitative estimate of drug-likeness (QED) is 0.514. The molecule has 0 aliphatic rings. The van der Waals surface area contributed by atoms with Gasteiger partial charge in [0.05, 0.1) is 0 Å². The van der Waals surface area contributed by atoms with Crippen molar-refractivity contribution in [2.45, 2.75) is 17.7 Å². The fourth-order valence-corrected chi connectivity index (χ4v) is 2.98. The summed E-state index contributed by atoms with van der Waals surface area (Å²) in [5, 5.41) is 9.08. The molecular formula is C14H14ClN3S. The highest BCUT2D eigenvalue weighted by atomic mass is 35.5. The van der Waals surface area contributed by atoms with Crippen LogP contribution in [-0.2, 0) is 5.75 Å². The maximum Gasteiger partial charge on any atom is 0.125 e. The lowest BCUT2D eigenvalue weighted by atomic mass is 10.2. The molecule has 0 atom stereocenters. The van der Waals surface area contributed by atoms with Crippen LogP contribution in [0.15, 0.2) is 41.4 Å². The first-order chi connectivity index (χ1) is 9.08. The van der Waals surface area contributed by atoms with Crippen LogP contribution in [0.1, 0.15) is 16.8 Å². The van der Waals surface area contributed by atoms with Gasteiger partial charge in [-0.1, -0.05) is 29.8 Å². The van der Waals surface area contributed by atoms with E-state index in [1.165, 1.54) is 0 Å². The van der Waals surface area contributed by atoms with Gasteiger partial charge in [0.15, 0.2) is 0 Å². The van der Waals surface area contributed by atoms with E-state index in [0.717, 1.165) is 21.3 Å². The van der Waals surface area contributed by atoms with Crippen LogP contribution in [0.2, 0.25) is 5.02 Å². The number of pyridine rings is 1. The Morgan fingerprint density at radius 3 is 2.74 bits per heavy atom. The number of amidine groups is 1. The Kier molecular flexibility index (Phi) is 4.45. The lowest BCUT2D eigenvalue weighted by molar-refractivity contribution is 1.05. The summed E-state index contributed by atoms with van der Waals surface area (Å²) in [5.74, 6) is 0.741. The monoisotopic (exact) mass is 291 g/mol. The average molecular weight is 292 g/mol. The fraction of sp³-hybridized carbons (Fsp3) is 0.143. The molecule has 0 unspecified atom stereocenters. The molecule has 2 rings (SSSR count). The molecule has 1 aromatic heterocycles. The summed E-state index contributed by atoms with van der Waals surface area (Å²) >= 11 is 7.66. The number of aromatic nitrogens is 1. The van der Waals surface area contributed by atoms with Crippen LogP contribution in [0, 0.1) is 12.3 Å². The largest absolute Gasteiger partial charge is 0.384 e. The zero-order chi connectivity index (χ0) is 13.8. The van der Waals surface area contributed by atoms with Crippen LogP contribution in [0.5, 0.6) is 0 Å². The number of nitrogens with zero attached hydrogens (tertiary/aromatic N) is 1. The molecule has 1 heterocycles. The smallest absolute Gasteiger partial charge is 0.125 e. The van der Waals surface area contributed by atoms with Crippen LogP contribution in [-0.4, -0.2) is 10.8 Å². The fourth-order valence-electron chi connectivity index (χ4n) is 1.61. The Morgan fingerprint density at radius 2 is 2.05 bits per heavy atom. The molecule has 3 nitrogen and oxygen atoms in total. The topological polar surface area (TPSA) is 62.8 Å². The van der Waals surface area contributed by atoms with E-state index in [-0.39, 0.29) is 5.84 Å². The second kappa shape index (κ2) is 6.08. The normalized spacial score (nSPS) is 10.4. The van der Waals surface area contributed by atoms with E-state index in [4.69, 9.17) is 22.7 Å². The summed E-state index contributed by atoms with van der Waals surface area (Å²) in [6.45, 7) is 1.92. The predicted octanol–water partition coefficient (Wildman–Crippen LogP) is 3.62. The van der Waals surface area contributed by atoms with Crippen molar-refractivity contribution in [1.29, 1.82) is 5.41 Å². The molecule has 2 aromatic rings. The van der Waals surface area contributed by atoms with Gasteiger partial charge in [-0.3, -0.25) is 5.41 Å². The minimum Gasteiger partial charge on any atom is -0.384 e. The Labute approximate surface area is 121 Å². The van der Waals surface area contributed by atoms with E-state index in [2.05, 4.69) is 4.98 Å². The molecular weight excluding hydrogens is 278 g/mol. The van der Waals surface area contributed by atoms with Gasteiger partial charge in [0.1, 0.15) is 10.9 Å². The highest BCUT2D eigenvalue weighted by molar-refractivity contribution is 7.98. The highest BCUT2D eigenvalue weighted by Crippen LogP contribution is 2.27. The predicted molar refractivity (Wildman–Crippen MR) is 81.0 cm³/mol. The number of thioether (sulfide) groups is 1. The molecule has 0 spiro atoms. The number of nitrogens with two attached hydrogens (primary N) is 1. The van der Waals surface area contributed by atoms with Crippen LogP contribution >= 0.6 is 23.4 Å². The molecule has 0 radical (unpaired) electrons. The van der Waals surface area contributed by atoms with E-state index in [1.807, 2.05) is 43.3 Å². The van der Waals surface area contributed by atoms with Crippen molar-refractivity contribution in [2.24, 2.45) is 5.73 Å². The van der Waals surface area contributed by atoms with E-state index in [9.17, 15) is 0 Å². The first-order valence-electron chi connectivity index (χ1n) is 5.76. The summed E-state index contributed by atoms with van der Waals surface area (Å²) in [6, 6.07) is 11.4. The second-order valence-corrected chi connectivity index (χ2v) is 5.47. The van der Waals surface area contributed by atoms with E-state index >= 15 is 0 Å². The van der Waals surface area contributed by atoms with Crippen molar-refractivity contribution in [2.75, 3.05) is 0 Å². The van der Waals surface area contributed by atoms with Gasteiger partial charge in [0.25, 0.3) is 0 Å². The molecule has 19 heavy (non-hydrogen) atoms. The molecule has 0 fully saturated rings. The molecule has 0 aliphatic carbocycles. The third kappa shape index (κ3) is 3.49. The standard InChI is InChI=1S/C14H14ClN3S/c1-9-6-7-11(13(16)17)14(18-9)19-8-10-4-2-3-5-12(10)15/h2-7H,8H2,1H3,(H3,16,17). The van der Waals surface area contributed by atoms with E-state index < -0.39 is 0 Å². The summed E-state index contributed by atoms with van der Waals surface area (Å²) in [6.07, 6.45) is 0. The van der Waals surface area contributed by atoms with Gasteiger partial charge in [0, 0.05) is 22.0 Å². The molecule has 0 bridgehead atoms. The number of halogens is 1. The third-order valence-corrected chi connectivity index (χ3v) is 4.02. The van der Waals surface area contributed by atoms with Crippen LogP contribution in [0.25, 0.3) is 0 Å². The number of nitrogens with one attached hydrogen (secondary N) is 1. The van der Waals surface area contributed by atoms with Crippen LogP contribution in [0.4, 0.5) is 0 Å². The number of hydrogen-bond acceptors (Lipinski definition) is 3. The average Bonchev–Trinajstić information content (AvgIpc) is 2.37. The summed E-state index contributed by atoms with van der Waals surface area (Å²) in [5.41, 5.74) is 8.19. The van der Waals surface area contributed by atoms with Crippen LogP contribution in [0.3, 0.4) is 0 Å². The van der Waals surface area contributed by atoms with Gasteiger partial charge in [-0.15, -0.1) is 11.8 Å². The van der Waals surface area contributed by atoms with E-state index in [0.29, 0.717) is 11.3 Å². The Morgan fingerprint density at radius 1 is 1.32 bits per heavy atom. The molecule has 3 N–H and O–H groups in total. The zero-order valence-electron chi connectivity index (χ0n) is 10.5. The van der Waals surface area contributed by atoms with Gasteiger partial charge in [0.2, 0.25) is 0 Å². The second-order valence-electron chi connectivity index (χ2n) is 4.10. The van der Waals surface area contributed by atoms with Crippen molar-refractivity contribution in [3.8, 4) is 0 Å². The minimum absolute atomic E-state index is 0.0363. The van der Waals surface area contributed by atoms with Crippen LogP contribution < -0.4 is 5.73 Å². The van der Waals surface area contributed by atoms with Crippen molar-refractivity contribution in [3.63, 3.8) is 0 Å². The van der Waals surface area contributed by atoms with Crippen molar-refractivity contribution in [3.05, 3.63) is 58.2 Å². The molecule has 0 saturated heterocycles. The maximum absolute atomic E-state index is 7.57. The molecule has 1 aromatic carbocycles. The number of aryl methyl sites for hydroxylation is 1. The zero-order valence-corrected chi connectivity index (χ0v) is 12.1. The molecule has 0 saturated carbocycles. The van der Waals surface area contributed by atoms with Crippen molar-refractivity contribution in [1.82, 2.24) is 4.98 Å². The lowest BCUT2D eigenvalue weighted by Crippen LogP contribution is -2.13. The van der Waals surface area contributed by atoms with Gasteiger partial charge in [-0.25, -0.2) is 4.98 Å². The summed E-state index contributed by atoms with van der Waals surface area (Å²) < 4.78 is 0. The number of nitrogen functional groups attached to an aromatic ring is 1. The number of hydrogen-bond donors (Lipinski definition) is 2. The number of rotatable bonds is 4. The molecule has 98 valence electrons. The minimum atomic E-state index is 0.0363. The first kappa shape index (κ1) is 13.9. The third-order valence-electron chi connectivity index (χ3n) is 2.61. The first-order valence-corrected chi connectivity index (χ1v) is 7.12. The Balaban J connectivity index is 2.22. The summed E-state index contributed by atoms with van der Waals surface area (Å²) in [7, 11) is 0. The Bertz CT molecular complexity index is 613. The lowest BCUT2D eigenvalue weighted by Gasteiger charge is -2.08. The van der Waals surface area contributed by atoms with Gasteiger partial charge in [-0.05, 0) is 30.7 Å². The summed E-state index contributed by atoms with van der Waals surface area (Å²) in [4.78, 5) is 4.44. The molecule has 0 aliphatic heterocycles. The number of benzene rings is 1. The van der Waals surface area contributed by atoms with Gasteiger partial charge in [-0.2, -0.15) is 0 Å². The van der Waals surface area contributed by atoms with Gasteiger partial charge >= 0.3 is 0 Å². The van der Waals surface area contributed by atoms with Crippen molar-refractivity contribution < 1.29 is 0 Å².